The summed E-state index contributed by atoms with van der Waals surface area (Å²) in [6.45, 7) is 4.18. The van der Waals surface area contributed by atoms with Gasteiger partial charge in [0.15, 0.2) is 0 Å². The zero-order valence-electron chi connectivity index (χ0n) is 10.7. The molecule has 3 heterocycles. The smallest absolute Gasteiger partial charge is 0.225 e. The predicted molar refractivity (Wildman–Crippen MR) is 78.0 cm³/mol. The maximum absolute atomic E-state index is 5.99. The van der Waals surface area contributed by atoms with Crippen LogP contribution in [-0.4, -0.2) is 28.0 Å². The van der Waals surface area contributed by atoms with Crippen LogP contribution in [0.15, 0.2) is 24.7 Å². The standard InChI is InChI=1S/C13H15ClN4S/c1-13(11-17-9-10(14)19-11)3-7-18(8-4-13)12-15-5-2-6-16-12/h2,5-6,9H,3-4,7-8H2,1H3. The summed E-state index contributed by atoms with van der Waals surface area (Å²) in [5.74, 6) is 0.821. The fraction of sp³-hybridized carbons (Fsp3) is 0.462. The summed E-state index contributed by atoms with van der Waals surface area (Å²) in [6, 6.07) is 1.84. The van der Waals surface area contributed by atoms with Crippen LogP contribution in [0.1, 0.15) is 24.8 Å². The molecule has 0 radical (unpaired) electrons. The fourth-order valence-electron chi connectivity index (χ4n) is 2.40. The molecule has 0 N–H and O–H groups in total. The molecule has 19 heavy (non-hydrogen) atoms. The van der Waals surface area contributed by atoms with Crippen molar-refractivity contribution in [2.45, 2.75) is 25.2 Å². The summed E-state index contributed by atoms with van der Waals surface area (Å²) >= 11 is 7.59. The van der Waals surface area contributed by atoms with Crippen molar-refractivity contribution in [2.75, 3.05) is 18.0 Å². The zero-order valence-corrected chi connectivity index (χ0v) is 12.3. The molecule has 100 valence electrons. The summed E-state index contributed by atoms with van der Waals surface area (Å²) in [4.78, 5) is 15.3. The average molecular weight is 295 g/mol. The van der Waals surface area contributed by atoms with Gasteiger partial charge in [-0.1, -0.05) is 18.5 Å². The highest BCUT2D eigenvalue weighted by Gasteiger charge is 2.34. The highest BCUT2D eigenvalue weighted by molar-refractivity contribution is 7.15. The molecule has 0 amide bonds. The maximum Gasteiger partial charge on any atom is 0.225 e. The monoisotopic (exact) mass is 294 g/mol. The summed E-state index contributed by atoms with van der Waals surface area (Å²) < 4.78 is 0.769. The van der Waals surface area contributed by atoms with E-state index in [0.717, 1.165) is 41.2 Å². The number of hydrogen-bond acceptors (Lipinski definition) is 5. The number of hydrogen-bond donors (Lipinski definition) is 0. The van der Waals surface area contributed by atoms with Crippen molar-refractivity contribution in [3.63, 3.8) is 0 Å². The average Bonchev–Trinajstić information content (AvgIpc) is 2.88. The molecule has 0 aromatic carbocycles. The van der Waals surface area contributed by atoms with E-state index in [2.05, 4.69) is 26.8 Å². The van der Waals surface area contributed by atoms with E-state index in [0.29, 0.717) is 0 Å². The Morgan fingerprint density at radius 3 is 2.47 bits per heavy atom. The first-order valence-corrected chi connectivity index (χ1v) is 7.51. The second kappa shape index (κ2) is 5.06. The highest BCUT2D eigenvalue weighted by Crippen LogP contribution is 2.38. The Morgan fingerprint density at radius 2 is 1.89 bits per heavy atom. The Bertz CT molecular complexity index is 549. The molecule has 6 heteroatoms. The Hall–Kier alpha value is -1.20. The summed E-state index contributed by atoms with van der Waals surface area (Å²) in [7, 11) is 0. The normalized spacial score (nSPS) is 18.5. The van der Waals surface area contributed by atoms with Gasteiger partial charge in [-0.05, 0) is 18.9 Å². The van der Waals surface area contributed by atoms with E-state index in [-0.39, 0.29) is 5.41 Å². The molecule has 1 fully saturated rings. The van der Waals surface area contributed by atoms with E-state index < -0.39 is 0 Å². The third-order valence-corrected chi connectivity index (χ3v) is 5.12. The van der Waals surface area contributed by atoms with Crippen molar-refractivity contribution in [3.8, 4) is 0 Å². The Labute approximate surface area is 121 Å². The first-order chi connectivity index (χ1) is 9.17. The summed E-state index contributed by atoms with van der Waals surface area (Å²) in [5.41, 5.74) is 0.128. The van der Waals surface area contributed by atoms with Gasteiger partial charge in [0, 0.05) is 30.9 Å². The minimum atomic E-state index is 0.128. The van der Waals surface area contributed by atoms with E-state index >= 15 is 0 Å². The van der Waals surface area contributed by atoms with Gasteiger partial charge in [0.25, 0.3) is 0 Å². The zero-order chi connectivity index (χ0) is 13.3. The Kier molecular flexibility index (Phi) is 3.41. The van der Waals surface area contributed by atoms with E-state index in [1.807, 2.05) is 6.07 Å². The van der Waals surface area contributed by atoms with Crippen LogP contribution >= 0.6 is 22.9 Å². The third-order valence-electron chi connectivity index (χ3n) is 3.70. The SMILES string of the molecule is CC1(c2ncc(Cl)s2)CCN(c2ncccn2)CC1. The Morgan fingerprint density at radius 1 is 1.21 bits per heavy atom. The molecule has 2 aromatic heterocycles. The number of thiazole rings is 1. The molecule has 4 nitrogen and oxygen atoms in total. The number of halogens is 1. The van der Waals surface area contributed by atoms with Crippen molar-refractivity contribution in [1.29, 1.82) is 0 Å². The van der Waals surface area contributed by atoms with Crippen LogP contribution in [0.25, 0.3) is 0 Å². The largest absolute Gasteiger partial charge is 0.341 e. The van der Waals surface area contributed by atoms with Gasteiger partial charge < -0.3 is 4.90 Å². The van der Waals surface area contributed by atoms with Crippen LogP contribution in [-0.2, 0) is 5.41 Å². The number of piperidine rings is 1. The van der Waals surface area contributed by atoms with Crippen molar-refractivity contribution >= 4 is 28.9 Å². The Balaban J connectivity index is 1.72. The van der Waals surface area contributed by atoms with Crippen molar-refractivity contribution < 1.29 is 0 Å². The first kappa shape index (κ1) is 12.8. The van der Waals surface area contributed by atoms with Crippen LogP contribution in [0.2, 0.25) is 4.34 Å². The molecule has 2 aromatic rings. The quantitative estimate of drug-likeness (QED) is 0.853. The van der Waals surface area contributed by atoms with Crippen LogP contribution < -0.4 is 4.90 Å². The lowest BCUT2D eigenvalue weighted by Gasteiger charge is -2.38. The van der Waals surface area contributed by atoms with E-state index in [4.69, 9.17) is 11.6 Å². The predicted octanol–water partition coefficient (Wildman–Crippen LogP) is 3.14. The molecule has 0 saturated carbocycles. The molecule has 0 atom stereocenters. The number of anilines is 1. The van der Waals surface area contributed by atoms with Crippen LogP contribution in [0.3, 0.4) is 0 Å². The van der Waals surface area contributed by atoms with Gasteiger partial charge in [-0.15, -0.1) is 11.3 Å². The van der Waals surface area contributed by atoms with Gasteiger partial charge in [0.05, 0.1) is 6.20 Å². The molecule has 0 spiro atoms. The summed E-state index contributed by atoms with van der Waals surface area (Å²) in [5, 5.41) is 1.14. The van der Waals surface area contributed by atoms with Gasteiger partial charge in [0.2, 0.25) is 5.95 Å². The molecule has 0 aliphatic carbocycles. The molecule has 0 bridgehead atoms. The lowest BCUT2D eigenvalue weighted by Crippen LogP contribution is -2.41. The fourth-order valence-corrected chi connectivity index (χ4v) is 3.52. The van der Waals surface area contributed by atoms with Gasteiger partial charge in [-0.2, -0.15) is 0 Å². The third kappa shape index (κ3) is 2.58. The lowest BCUT2D eigenvalue weighted by molar-refractivity contribution is 0.358. The molecule has 1 aliphatic heterocycles. The van der Waals surface area contributed by atoms with Crippen LogP contribution in [0, 0.1) is 0 Å². The van der Waals surface area contributed by atoms with Crippen molar-refractivity contribution in [1.82, 2.24) is 15.0 Å². The minimum Gasteiger partial charge on any atom is -0.341 e. The number of aromatic nitrogens is 3. The number of rotatable bonds is 2. The number of nitrogens with zero attached hydrogens (tertiary/aromatic N) is 4. The molecule has 1 saturated heterocycles. The van der Waals surface area contributed by atoms with Crippen LogP contribution in [0.5, 0.6) is 0 Å². The van der Waals surface area contributed by atoms with Crippen molar-refractivity contribution in [3.05, 3.63) is 34.0 Å². The maximum atomic E-state index is 5.99. The molecule has 0 unspecified atom stereocenters. The second-order valence-electron chi connectivity index (χ2n) is 5.07. The molecular formula is C13H15ClN4S. The van der Waals surface area contributed by atoms with Gasteiger partial charge in [-0.3, -0.25) is 0 Å². The lowest BCUT2D eigenvalue weighted by atomic mass is 9.81. The van der Waals surface area contributed by atoms with E-state index in [9.17, 15) is 0 Å². The van der Waals surface area contributed by atoms with Crippen molar-refractivity contribution in [2.24, 2.45) is 0 Å². The van der Waals surface area contributed by atoms with Gasteiger partial charge in [0.1, 0.15) is 9.34 Å². The first-order valence-electron chi connectivity index (χ1n) is 6.31. The summed E-state index contributed by atoms with van der Waals surface area (Å²) in [6.07, 6.45) is 7.43. The molecular weight excluding hydrogens is 280 g/mol. The second-order valence-corrected chi connectivity index (χ2v) is 6.73. The van der Waals surface area contributed by atoms with E-state index in [1.54, 1.807) is 29.9 Å². The van der Waals surface area contributed by atoms with Crippen LogP contribution in [0.4, 0.5) is 5.95 Å². The minimum absolute atomic E-state index is 0.128. The topological polar surface area (TPSA) is 41.9 Å². The highest BCUT2D eigenvalue weighted by atomic mass is 35.5. The van der Waals surface area contributed by atoms with Gasteiger partial charge in [-0.25, -0.2) is 15.0 Å². The molecule has 1 aliphatic rings. The van der Waals surface area contributed by atoms with Gasteiger partial charge >= 0.3 is 0 Å². The molecule has 3 rings (SSSR count). The van der Waals surface area contributed by atoms with E-state index in [1.165, 1.54) is 0 Å².